The Hall–Kier alpha value is -3.92. The fraction of sp³-hybridized carbons (Fsp3) is 0.0833. The lowest BCUT2D eigenvalue weighted by Crippen LogP contribution is -2.08. The predicted molar refractivity (Wildman–Crippen MR) is 120 cm³/mol. The number of halogens is 3. The fourth-order valence-corrected chi connectivity index (χ4v) is 4.13. The molecule has 3 aromatic heterocycles. The van der Waals surface area contributed by atoms with Crippen LogP contribution in [0.15, 0.2) is 88.4 Å². The zero-order valence-corrected chi connectivity index (χ0v) is 18.4. The molecule has 0 unspecified atom stereocenters. The van der Waals surface area contributed by atoms with Crippen LogP contribution in [0.2, 0.25) is 0 Å². The van der Waals surface area contributed by atoms with Crippen molar-refractivity contribution >= 4 is 20.8 Å². The average Bonchev–Trinajstić information content (AvgIpc) is 3.44. The smallest absolute Gasteiger partial charge is 0.435 e. The summed E-state index contributed by atoms with van der Waals surface area (Å²) in [6, 6.07) is 19.8. The van der Waals surface area contributed by atoms with Crippen molar-refractivity contribution in [2.45, 2.75) is 11.2 Å². The number of nitrogens with zero attached hydrogens (tertiary/aromatic N) is 3. The Morgan fingerprint density at radius 2 is 1.62 bits per heavy atom. The number of aromatic nitrogens is 3. The maximum Gasteiger partial charge on any atom is 0.435 e. The van der Waals surface area contributed by atoms with Crippen LogP contribution in [0.3, 0.4) is 0 Å². The number of furan rings is 1. The second-order valence-electron chi connectivity index (χ2n) is 7.68. The lowest BCUT2D eigenvalue weighted by Gasteiger charge is -2.08. The summed E-state index contributed by atoms with van der Waals surface area (Å²) in [7, 11) is -3.55. The van der Waals surface area contributed by atoms with Crippen LogP contribution < -0.4 is 0 Å². The molecule has 2 aromatic carbocycles. The molecule has 0 fully saturated rings. The standard InChI is InChI=1S/C24H16F3N3O3S/c1-34(31,32)23-11-10-18(14-28-23)30-19(13-22(29-30)24(25,26)27)15-6-8-16(9-7-15)21-12-17-4-2-3-5-20(17)33-21/h2-14H,1H3. The maximum absolute atomic E-state index is 13.4. The molecule has 0 saturated carbocycles. The van der Waals surface area contributed by atoms with Crippen LogP contribution in [0.5, 0.6) is 0 Å². The van der Waals surface area contributed by atoms with E-state index in [1.165, 1.54) is 18.3 Å². The van der Waals surface area contributed by atoms with Crippen LogP contribution in [0.4, 0.5) is 13.2 Å². The zero-order chi connectivity index (χ0) is 24.1. The van der Waals surface area contributed by atoms with Gasteiger partial charge in [-0.05, 0) is 30.3 Å². The Labute approximate surface area is 192 Å². The lowest BCUT2D eigenvalue weighted by atomic mass is 10.1. The van der Waals surface area contributed by atoms with Gasteiger partial charge >= 0.3 is 6.18 Å². The summed E-state index contributed by atoms with van der Waals surface area (Å²) >= 11 is 0. The van der Waals surface area contributed by atoms with Gasteiger partial charge in [0.2, 0.25) is 0 Å². The summed E-state index contributed by atoms with van der Waals surface area (Å²) in [5, 5.41) is 4.47. The molecular weight excluding hydrogens is 467 g/mol. The van der Waals surface area contributed by atoms with Crippen molar-refractivity contribution < 1.29 is 26.0 Å². The summed E-state index contributed by atoms with van der Waals surface area (Å²) in [6.45, 7) is 0. The van der Waals surface area contributed by atoms with E-state index in [0.29, 0.717) is 11.3 Å². The third kappa shape index (κ3) is 4.08. The van der Waals surface area contributed by atoms with Crippen molar-refractivity contribution in [2.24, 2.45) is 0 Å². The Balaban J connectivity index is 1.57. The number of para-hydroxylation sites is 1. The molecule has 0 amide bonds. The third-order valence-electron chi connectivity index (χ3n) is 5.24. The van der Waals surface area contributed by atoms with Gasteiger partial charge in [-0.25, -0.2) is 18.1 Å². The van der Waals surface area contributed by atoms with E-state index in [1.807, 2.05) is 30.3 Å². The van der Waals surface area contributed by atoms with E-state index in [9.17, 15) is 21.6 Å². The van der Waals surface area contributed by atoms with E-state index < -0.39 is 21.7 Å². The molecule has 5 aromatic rings. The Kier molecular flexibility index (Phi) is 5.05. The number of hydrogen-bond donors (Lipinski definition) is 0. The quantitative estimate of drug-likeness (QED) is 0.324. The number of alkyl halides is 3. The first-order chi connectivity index (χ1) is 16.1. The van der Waals surface area contributed by atoms with E-state index in [1.54, 1.807) is 24.3 Å². The Morgan fingerprint density at radius 3 is 2.24 bits per heavy atom. The van der Waals surface area contributed by atoms with Gasteiger partial charge in [0.25, 0.3) is 0 Å². The van der Waals surface area contributed by atoms with E-state index >= 15 is 0 Å². The molecule has 0 atom stereocenters. The summed E-state index contributed by atoms with van der Waals surface area (Å²) in [4.78, 5) is 3.86. The van der Waals surface area contributed by atoms with Crippen LogP contribution in [0.1, 0.15) is 5.69 Å². The van der Waals surface area contributed by atoms with E-state index in [-0.39, 0.29) is 16.4 Å². The summed E-state index contributed by atoms with van der Waals surface area (Å²) in [6.07, 6.45) is -2.48. The average molecular weight is 483 g/mol. The highest BCUT2D eigenvalue weighted by molar-refractivity contribution is 7.90. The molecule has 0 saturated heterocycles. The van der Waals surface area contributed by atoms with Gasteiger partial charge in [-0.2, -0.15) is 18.3 Å². The van der Waals surface area contributed by atoms with Crippen molar-refractivity contribution in [3.05, 3.63) is 84.7 Å². The summed E-state index contributed by atoms with van der Waals surface area (Å²) in [5.74, 6) is 0.637. The molecule has 0 aliphatic rings. The Morgan fingerprint density at radius 1 is 0.912 bits per heavy atom. The highest BCUT2D eigenvalue weighted by atomic mass is 32.2. The van der Waals surface area contributed by atoms with Crippen molar-refractivity contribution in [2.75, 3.05) is 6.26 Å². The monoisotopic (exact) mass is 483 g/mol. The first-order valence-corrected chi connectivity index (χ1v) is 11.9. The molecule has 3 heterocycles. The van der Waals surface area contributed by atoms with Crippen molar-refractivity contribution in [1.82, 2.24) is 14.8 Å². The minimum Gasteiger partial charge on any atom is -0.456 e. The van der Waals surface area contributed by atoms with Gasteiger partial charge in [0.05, 0.1) is 17.6 Å². The normalized spacial score (nSPS) is 12.4. The van der Waals surface area contributed by atoms with E-state index in [4.69, 9.17) is 4.42 Å². The molecule has 10 heteroatoms. The minimum absolute atomic E-state index is 0.178. The maximum atomic E-state index is 13.4. The molecule has 0 bridgehead atoms. The number of rotatable bonds is 4. The number of fused-ring (bicyclic) bond motifs is 1. The fourth-order valence-electron chi connectivity index (χ4n) is 3.57. The molecule has 0 radical (unpaired) electrons. The van der Waals surface area contributed by atoms with Gasteiger partial charge < -0.3 is 4.42 Å². The van der Waals surface area contributed by atoms with Gasteiger partial charge in [-0.3, -0.25) is 0 Å². The van der Waals surface area contributed by atoms with Crippen LogP contribution in [0.25, 0.3) is 39.2 Å². The molecule has 5 rings (SSSR count). The number of hydrogen-bond acceptors (Lipinski definition) is 5. The van der Waals surface area contributed by atoms with Crippen molar-refractivity contribution in [3.8, 4) is 28.3 Å². The number of benzene rings is 2. The molecule has 6 nitrogen and oxygen atoms in total. The van der Waals surface area contributed by atoms with Crippen molar-refractivity contribution in [1.29, 1.82) is 0 Å². The highest BCUT2D eigenvalue weighted by Gasteiger charge is 2.35. The van der Waals surface area contributed by atoms with E-state index in [2.05, 4.69) is 10.1 Å². The third-order valence-corrected chi connectivity index (χ3v) is 6.24. The topological polar surface area (TPSA) is 78.0 Å². The van der Waals surface area contributed by atoms with Gasteiger partial charge in [-0.15, -0.1) is 0 Å². The second-order valence-corrected chi connectivity index (χ2v) is 9.64. The molecule has 172 valence electrons. The first-order valence-electron chi connectivity index (χ1n) is 10.0. The summed E-state index contributed by atoms with van der Waals surface area (Å²) in [5.41, 5.74) is 1.28. The molecule has 0 aliphatic heterocycles. The zero-order valence-electron chi connectivity index (χ0n) is 17.6. The van der Waals surface area contributed by atoms with Gasteiger partial charge in [-0.1, -0.05) is 42.5 Å². The SMILES string of the molecule is CS(=O)(=O)c1ccc(-n2nc(C(F)(F)F)cc2-c2ccc(-c3cc4ccccc4o3)cc2)cn1. The molecule has 34 heavy (non-hydrogen) atoms. The number of pyridine rings is 1. The largest absolute Gasteiger partial charge is 0.456 e. The molecule has 0 spiro atoms. The molecule has 0 N–H and O–H groups in total. The lowest BCUT2D eigenvalue weighted by molar-refractivity contribution is -0.141. The number of sulfone groups is 1. The second kappa shape index (κ2) is 7.84. The van der Waals surface area contributed by atoms with Crippen LogP contribution in [-0.4, -0.2) is 29.4 Å². The van der Waals surface area contributed by atoms with Crippen LogP contribution in [-0.2, 0) is 16.0 Å². The molecule has 0 aliphatic carbocycles. The predicted octanol–water partition coefficient (Wildman–Crippen LogP) is 5.77. The highest BCUT2D eigenvalue weighted by Crippen LogP contribution is 2.34. The van der Waals surface area contributed by atoms with Gasteiger partial charge in [0.1, 0.15) is 11.3 Å². The summed E-state index contributed by atoms with van der Waals surface area (Å²) < 4.78 is 70.6. The van der Waals surface area contributed by atoms with Crippen LogP contribution in [0, 0.1) is 0 Å². The minimum atomic E-state index is -4.66. The van der Waals surface area contributed by atoms with Gasteiger partial charge in [0.15, 0.2) is 20.6 Å². The van der Waals surface area contributed by atoms with Crippen LogP contribution >= 0.6 is 0 Å². The Bertz CT molecular complexity index is 1570. The molecular formula is C24H16F3N3O3S. The van der Waals surface area contributed by atoms with Gasteiger partial charge in [0, 0.05) is 22.8 Å². The first kappa shape index (κ1) is 21.9. The van der Waals surface area contributed by atoms with E-state index in [0.717, 1.165) is 33.5 Å². The van der Waals surface area contributed by atoms with Crippen molar-refractivity contribution in [3.63, 3.8) is 0 Å².